The number of methoxy groups -OCH3 is 1. The van der Waals surface area contributed by atoms with Crippen LogP contribution in [-0.4, -0.2) is 63.3 Å². The Morgan fingerprint density at radius 1 is 1.07 bits per heavy atom. The summed E-state index contributed by atoms with van der Waals surface area (Å²) in [7, 11) is -2.07. The number of hydrogen-bond acceptors (Lipinski definition) is 9. The Morgan fingerprint density at radius 3 is 2.60 bits per heavy atom. The molecular formula is C30H36N6O5S. The highest BCUT2D eigenvalue weighted by Crippen LogP contribution is 2.34. The van der Waals surface area contributed by atoms with E-state index in [2.05, 4.69) is 31.9 Å². The molecule has 0 unspecified atom stereocenters. The van der Waals surface area contributed by atoms with Crippen LogP contribution in [0.4, 0.5) is 11.6 Å². The van der Waals surface area contributed by atoms with Gasteiger partial charge in [-0.15, -0.1) is 0 Å². The largest absolute Gasteiger partial charge is 0.594 e. The second-order valence-electron chi connectivity index (χ2n) is 10.2. The first kappa shape index (κ1) is 29.5. The molecule has 0 spiro atoms. The van der Waals surface area contributed by atoms with Crippen LogP contribution in [0.5, 0.6) is 11.5 Å². The smallest absolute Gasteiger partial charge is 0.295 e. The lowest BCUT2D eigenvalue weighted by Crippen LogP contribution is -2.33. The van der Waals surface area contributed by atoms with Gasteiger partial charge in [-0.25, -0.2) is 18.1 Å². The normalized spacial score (nSPS) is 13.9. The predicted molar refractivity (Wildman–Crippen MR) is 161 cm³/mol. The second-order valence-corrected chi connectivity index (χ2v) is 11.9. The molecule has 1 aliphatic rings. The zero-order valence-electron chi connectivity index (χ0n) is 23.9. The van der Waals surface area contributed by atoms with Gasteiger partial charge >= 0.3 is 0 Å². The van der Waals surface area contributed by atoms with Crippen molar-refractivity contribution in [3.05, 3.63) is 65.9 Å². The highest BCUT2D eigenvalue weighted by Gasteiger charge is 2.19. The number of hydrogen-bond donors (Lipinski definition) is 2. The van der Waals surface area contributed by atoms with Gasteiger partial charge in [0.1, 0.15) is 17.0 Å². The zero-order chi connectivity index (χ0) is 29.5. The second kappa shape index (κ2) is 13.3. The molecule has 2 N–H and O–H groups in total. The van der Waals surface area contributed by atoms with Crippen LogP contribution in [0.15, 0.2) is 65.6 Å². The average molecular weight is 593 g/mol. The molecule has 0 amide bonds. The summed E-state index contributed by atoms with van der Waals surface area (Å²) in [5.41, 5.74) is 2.75. The molecule has 222 valence electrons. The Hall–Kier alpha value is -4.00. The lowest BCUT2D eigenvalue weighted by molar-refractivity contribution is -0.641. The third-order valence-electron chi connectivity index (χ3n) is 7.17. The molecule has 2 heterocycles. The Balaban J connectivity index is 1.32. The summed E-state index contributed by atoms with van der Waals surface area (Å²) in [6, 6.07) is 17.3. The Morgan fingerprint density at radius 2 is 1.86 bits per heavy atom. The minimum absolute atomic E-state index is 0.0676. The molecule has 0 radical (unpaired) electrons. The third kappa shape index (κ3) is 7.07. The molecule has 3 aromatic carbocycles. The van der Waals surface area contributed by atoms with Crippen molar-refractivity contribution < 1.29 is 22.7 Å². The molecule has 42 heavy (non-hydrogen) atoms. The van der Waals surface area contributed by atoms with Gasteiger partial charge in [0.05, 0.1) is 23.7 Å². The number of anilines is 2. The molecule has 1 fully saturated rings. The fourth-order valence-corrected chi connectivity index (χ4v) is 5.91. The van der Waals surface area contributed by atoms with Crippen LogP contribution >= 0.6 is 0 Å². The summed E-state index contributed by atoms with van der Waals surface area (Å²) in [5, 5.41) is 20.0. The van der Waals surface area contributed by atoms with Gasteiger partial charge in [-0.1, -0.05) is 25.5 Å². The topological polar surface area (TPSA) is 133 Å². The molecule has 5 rings (SSSR count). The van der Waals surface area contributed by atoms with Crippen molar-refractivity contribution in [2.45, 2.75) is 37.5 Å². The number of nitrogens with one attached hydrogen (secondary N) is 2. The molecule has 12 heteroatoms. The van der Waals surface area contributed by atoms with E-state index in [-0.39, 0.29) is 16.4 Å². The average Bonchev–Trinajstić information content (AvgIpc) is 3.51. The third-order valence-corrected chi connectivity index (χ3v) is 8.64. The summed E-state index contributed by atoms with van der Waals surface area (Å²) in [4.78, 5) is 7.43. The van der Waals surface area contributed by atoms with Gasteiger partial charge in [-0.05, 0) is 79.2 Å². The minimum atomic E-state index is -3.63. The van der Waals surface area contributed by atoms with Crippen molar-refractivity contribution in [2.75, 3.05) is 45.2 Å². The van der Waals surface area contributed by atoms with Gasteiger partial charge in [-0.2, -0.15) is 0 Å². The summed E-state index contributed by atoms with van der Waals surface area (Å²) < 4.78 is 39.6. The van der Waals surface area contributed by atoms with Gasteiger partial charge in [0.2, 0.25) is 10.0 Å². The minimum Gasteiger partial charge on any atom is -0.594 e. The fourth-order valence-electron chi connectivity index (χ4n) is 4.89. The maximum atomic E-state index is 13.0. The highest BCUT2D eigenvalue weighted by molar-refractivity contribution is 7.89. The summed E-state index contributed by atoms with van der Waals surface area (Å²) in [6.45, 7) is 5.82. The summed E-state index contributed by atoms with van der Waals surface area (Å²) in [5.74, 6) is 1.35. The number of sulfonamides is 1. The van der Waals surface area contributed by atoms with Crippen molar-refractivity contribution in [3.8, 4) is 22.6 Å². The van der Waals surface area contributed by atoms with Crippen LogP contribution in [0, 0.1) is 5.21 Å². The molecule has 11 nitrogen and oxygen atoms in total. The molecule has 0 aliphatic carbocycles. The highest BCUT2D eigenvalue weighted by atomic mass is 32.2. The number of rotatable bonds is 13. The quantitative estimate of drug-likeness (QED) is 0.133. The first-order chi connectivity index (χ1) is 20.4. The van der Waals surface area contributed by atoms with Crippen molar-refractivity contribution in [1.82, 2.24) is 19.7 Å². The number of unbranched alkanes of at least 4 members (excludes halogenated alkanes) is 1. The van der Waals surface area contributed by atoms with Gasteiger partial charge in [0, 0.05) is 36.5 Å². The van der Waals surface area contributed by atoms with Gasteiger partial charge in [-0.3, -0.25) is 0 Å². The van der Waals surface area contributed by atoms with E-state index in [1.54, 1.807) is 31.4 Å². The standard InChI is InChI=1S/C30H36N6O5S/c1-3-4-18-41-24-9-7-8-22(19-24)26-20-28-27(21-29(26)40-2)33-30(34-36(28)37)32-23-10-12-25(13-11-23)42(38,39)31-14-17-35-15-5-6-16-35/h7-13,19-21,31H,3-6,14-18H2,1-2H3,(H,32,33,34). The zero-order valence-corrected chi connectivity index (χ0v) is 24.7. The monoisotopic (exact) mass is 592 g/mol. The number of benzene rings is 3. The molecule has 0 saturated carbocycles. The maximum absolute atomic E-state index is 13.0. The molecule has 4 aromatic rings. The number of likely N-dealkylation sites (tertiary alicyclic amines) is 1. The van der Waals surface area contributed by atoms with E-state index in [1.807, 2.05) is 24.3 Å². The Bertz CT molecular complexity index is 1630. The molecule has 1 aliphatic heterocycles. The first-order valence-corrected chi connectivity index (χ1v) is 15.7. The first-order valence-electron chi connectivity index (χ1n) is 14.2. The molecule has 1 aromatic heterocycles. The lowest BCUT2D eigenvalue weighted by atomic mass is 10.0. The number of nitrogens with zero attached hydrogens (tertiary/aromatic N) is 4. The van der Waals surface area contributed by atoms with E-state index in [9.17, 15) is 13.6 Å². The summed E-state index contributed by atoms with van der Waals surface area (Å²) >= 11 is 0. The van der Waals surface area contributed by atoms with Crippen LogP contribution in [0.25, 0.3) is 22.2 Å². The SMILES string of the molecule is CCCCOc1cccc(-c2cc3c(cc2OC)nc(Nc2ccc(S(=O)(=O)NCCN4CCCC4)cc2)n[n+]3[O-])c1. The molecule has 0 bridgehead atoms. The van der Waals surface area contributed by atoms with Crippen LogP contribution in [0.1, 0.15) is 32.6 Å². The predicted octanol–water partition coefficient (Wildman–Crippen LogP) is 4.24. The van der Waals surface area contributed by atoms with Crippen LogP contribution in [0.3, 0.4) is 0 Å². The van der Waals surface area contributed by atoms with Crippen LogP contribution < -0.4 is 24.4 Å². The molecule has 1 saturated heterocycles. The lowest BCUT2D eigenvalue weighted by Gasteiger charge is -2.15. The number of fused-ring (bicyclic) bond motifs is 1. The van der Waals surface area contributed by atoms with Crippen LogP contribution in [0.2, 0.25) is 0 Å². The van der Waals surface area contributed by atoms with Gasteiger partial charge in [0.15, 0.2) is 0 Å². The van der Waals surface area contributed by atoms with E-state index < -0.39 is 10.0 Å². The molecule has 0 atom stereocenters. The Labute approximate surface area is 246 Å². The summed E-state index contributed by atoms with van der Waals surface area (Å²) in [6.07, 6.45) is 4.33. The van der Waals surface area contributed by atoms with E-state index in [0.29, 0.717) is 47.1 Å². The van der Waals surface area contributed by atoms with Crippen molar-refractivity contribution in [3.63, 3.8) is 0 Å². The Kier molecular flexibility index (Phi) is 9.35. The maximum Gasteiger partial charge on any atom is 0.295 e. The number of aromatic nitrogens is 3. The number of ether oxygens (including phenoxy) is 2. The van der Waals surface area contributed by atoms with Gasteiger partial charge < -0.3 is 24.9 Å². The fraction of sp³-hybridized carbons (Fsp3) is 0.367. The van der Waals surface area contributed by atoms with E-state index >= 15 is 0 Å². The van der Waals surface area contributed by atoms with E-state index in [0.717, 1.165) is 50.1 Å². The van der Waals surface area contributed by atoms with Crippen molar-refractivity contribution in [2.24, 2.45) is 0 Å². The van der Waals surface area contributed by atoms with E-state index in [1.165, 1.54) is 12.1 Å². The van der Waals surface area contributed by atoms with Gasteiger partial charge in [0.25, 0.3) is 11.5 Å². The van der Waals surface area contributed by atoms with Crippen molar-refractivity contribution >= 4 is 32.7 Å². The van der Waals surface area contributed by atoms with Crippen LogP contribution in [-0.2, 0) is 10.0 Å². The van der Waals surface area contributed by atoms with Crippen molar-refractivity contribution in [1.29, 1.82) is 0 Å². The van der Waals surface area contributed by atoms with E-state index in [4.69, 9.17) is 9.47 Å². The molecular weight excluding hydrogens is 556 g/mol.